The van der Waals surface area contributed by atoms with Crippen LogP contribution < -0.4 is 10.6 Å². The van der Waals surface area contributed by atoms with E-state index in [9.17, 15) is 9.59 Å². The van der Waals surface area contributed by atoms with Crippen LogP contribution in [0.3, 0.4) is 0 Å². The summed E-state index contributed by atoms with van der Waals surface area (Å²) in [4.78, 5) is 24.8. The van der Waals surface area contributed by atoms with Gasteiger partial charge in [-0.3, -0.25) is 9.59 Å². The average Bonchev–Trinajstić information content (AvgIpc) is 3.37. The van der Waals surface area contributed by atoms with Crippen LogP contribution in [0.1, 0.15) is 18.4 Å². The lowest BCUT2D eigenvalue weighted by atomic mass is 10.0. The fraction of sp³-hybridized carbons (Fsp3) is 0.222. The van der Waals surface area contributed by atoms with E-state index in [1.807, 2.05) is 36.4 Å². The highest BCUT2D eigenvalue weighted by Gasteiger charge is 2.56. The van der Waals surface area contributed by atoms with E-state index in [0.29, 0.717) is 30.1 Å². The van der Waals surface area contributed by atoms with Crippen molar-refractivity contribution < 1.29 is 9.59 Å². The van der Waals surface area contributed by atoms with E-state index in [-0.39, 0.29) is 11.8 Å². The highest BCUT2D eigenvalue weighted by molar-refractivity contribution is 6.31. The molecule has 0 atom stereocenters. The van der Waals surface area contributed by atoms with E-state index in [0.717, 1.165) is 5.56 Å². The summed E-state index contributed by atoms with van der Waals surface area (Å²) in [5, 5.41) is 6.24. The van der Waals surface area contributed by atoms with Crippen LogP contribution in [0.4, 0.5) is 5.69 Å². The van der Waals surface area contributed by atoms with Crippen molar-refractivity contribution in [2.45, 2.75) is 19.4 Å². The van der Waals surface area contributed by atoms with Crippen molar-refractivity contribution >= 4 is 29.1 Å². The number of nitrogens with one attached hydrogen (secondary N) is 2. The molecule has 0 unspecified atom stereocenters. The zero-order valence-corrected chi connectivity index (χ0v) is 13.3. The standard InChI is InChI=1S/C18H17ClN2O2/c19-15-9-5-4-6-13(15)12-20-16(22)18(10-11-18)17(23)21-14-7-2-1-3-8-14/h1-9H,10-12H2,(H,20,22)(H,21,23). The van der Waals surface area contributed by atoms with Crippen molar-refractivity contribution in [3.8, 4) is 0 Å². The molecule has 118 valence electrons. The number of amides is 2. The monoisotopic (exact) mass is 328 g/mol. The molecular weight excluding hydrogens is 312 g/mol. The number of halogens is 1. The molecule has 23 heavy (non-hydrogen) atoms. The van der Waals surface area contributed by atoms with Crippen molar-refractivity contribution in [2.24, 2.45) is 5.41 Å². The smallest absolute Gasteiger partial charge is 0.240 e. The van der Waals surface area contributed by atoms with Gasteiger partial charge in [0, 0.05) is 17.3 Å². The third-order valence-corrected chi connectivity index (χ3v) is 4.42. The minimum absolute atomic E-state index is 0.245. The molecule has 2 N–H and O–H groups in total. The first-order valence-electron chi connectivity index (χ1n) is 7.50. The van der Waals surface area contributed by atoms with Gasteiger partial charge in [0.2, 0.25) is 11.8 Å². The summed E-state index contributed by atoms with van der Waals surface area (Å²) >= 11 is 6.08. The van der Waals surface area contributed by atoms with Crippen LogP contribution in [0.15, 0.2) is 54.6 Å². The number of rotatable bonds is 5. The van der Waals surface area contributed by atoms with Crippen molar-refractivity contribution in [1.29, 1.82) is 0 Å². The van der Waals surface area contributed by atoms with E-state index in [2.05, 4.69) is 10.6 Å². The molecule has 0 bridgehead atoms. The van der Waals surface area contributed by atoms with E-state index in [1.165, 1.54) is 0 Å². The maximum Gasteiger partial charge on any atom is 0.240 e. The third-order valence-electron chi connectivity index (χ3n) is 4.05. The molecule has 1 aliphatic carbocycles. The van der Waals surface area contributed by atoms with Gasteiger partial charge in [-0.2, -0.15) is 0 Å². The van der Waals surface area contributed by atoms with Crippen molar-refractivity contribution in [2.75, 3.05) is 5.32 Å². The molecule has 4 nitrogen and oxygen atoms in total. The molecule has 0 spiro atoms. The number of hydrogen-bond donors (Lipinski definition) is 2. The molecule has 2 amide bonds. The Labute approximate surface area is 139 Å². The van der Waals surface area contributed by atoms with Crippen LogP contribution in [0.2, 0.25) is 5.02 Å². The molecule has 1 saturated carbocycles. The first kappa shape index (κ1) is 15.6. The van der Waals surface area contributed by atoms with Crippen LogP contribution in [0, 0.1) is 5.41 Å². The van der Waals surface area contributed by atoms with Gasteiger partial charge in [-0.1, -0.05) is 48.0 Å². The average molecular weight is 329 g/mol. The molecule has 0 aromatic heterocycles. The molecule has 5 heteroatoms. The molecule has 1 fully saturated rings. The normalized spacial score (nSPS) is 14.8. The predicted octanol–water partition coefficient (Wildman–Crippen LogP) is 3.38. The quantitative estimate of drug-likeness (QED) is 0.827. The van der Waals surface area contributed by atoms with Crippen LogP contribution in [-0.4, -0.2) is 11.8 Å². The van der Waals surface area contributed by atoms with Crippen molar-refractivity contribution in [3.05, 3.63) is 65.2 Å². The molecular formula is C18H17ClN2O2. The van der Waals surface area contributed by atoms with Gasteiger partial charge >= 0.3 is 0 Å². The second-order valence-corrected chi connectivity index (χ2v) is 6.08. The van der Waals surface area contributed by atoms with Gasteiger partial charge in [-0.25, -0.2) is 0 Å². The lowest BCUT2D eigenvalue weighted by molar-refractivity contribution is -0.134. The maximum absolute atomic E-state index is 12.4. The van der Waals surface area contributed by atoms with Crippen LogP contribution in [0.5, 0.6) is 0 Å². The van der Waals surface area contributed by atoms with Crippen LogP contribution in [0.25, 0.3) is 0 Å². The van der Waals surface area contributed by atoms with Crippen molar-refractivity contribution in [3.63, 3.8) is 0 Å². The summed E-state index contributed by atoms with van der Waals surface area (Å²) in [6, 6.07) is 16.5. The molecule has 0 heterocycles. The Balaban J connectivity index is 1.62. The topological polar surface area (TPSA) is 58.2 Å². The fourth-order valence-electron chi connectivity index (χ4n) is 2.44. The second kappa shape index (κ2) is 6.42. The summed E-state index contributed by atoms with van der Waals surface area (Å²) in [6.07, 6.45) is 1.14. The Morgan fingerprint density at radius 1 is 0.957 bits per heavy atom. The summed E-state index contributed by atoms with van der Waals surface area (Å²) in [6.45, 7) is 0.318. The Bertz CT molecular complexity index is 727. The van der Waals surface area contributed by atoms with Gasteiger partial charge in [0.1, 0.15) is 5.41 Å². The summed E-state index contributed by atoms with van der Waals surface area (Å²) in [5.74, 6) is -0.494. The van der Waals surface area contributed by atoms with E-state index < -0.39 is 5.41 Å². The van der Waals surface area contributed by atoms with Gasteiger partial charge in [0.15, 0.2) is 0 Å². The summed E-state index contributed by atoms with van der Waals surface area (Å²) in [5.41, 5.74) is 0.585. The van der Waals surface area contributed by atoms with Gasteiger partial charge in [0.25, 0.3) is 0 Å². The minimum atomic E-state index is -0.947. The Morgan fingerprint density at radius 3 is 2.26 bits per heavy atom. The SMILES string of the molecule is O=C(NCc1ccccc1Cl)C1(C(=O)Nc2ccccc2)CC1. The van der Waals surface area contributed by atoms with Gasteiger partial charge in [0.05, 0.1) is 0 Å². The highest BCUT2D eigenvalue weighted by Crippen LogP contribution is 2.46. The molecule has 0 radical (unpaired) electrons. The van der Waals surface area contributed by atoms with Gasteiger partial charge in [-0.15, -0.1) is 0 Å². The van der Waals surface area contributed by atoms with E-state index in [4.69, 9.17) is 11.6 Å². The zero-order chi connectivity index (χ0) is 16.3. The number of carbonyl (C=O) groups excluding carboxylic acids is 2. The number of benzene rings is 2. The zero-order valence-electron chi connectivity index (χ0n) is 12.5. The predicted molar refractivity (Wildman–Crippen MR) is 90.0 cm³/mol. The van der Waals surface area contributed by atoms with Gasteiger partial charge in [-0.05, 0) is 36.6 Å². The molecule has 2 aromatic rings. The lowest BCUT2D eigenvalue weighted by Gasteiger charge is -2.15. The number of para-hydroxylation sites is 1. The Kier molecular flexibility index (Phi) is 4.35. The second-order valence-electron chi connectivity index (χ2n) is 5.68. The largest absolute Gasteiger partial charge is 0.351 e. The molecule has 2 aromatic carbocycles. The molecule has 3 rings (SSSR count). The van der Waals surface area contributed by atoms with Crippen molar-refractivity contribution in [1.82, 2.24) is 5.32 Å². The van der Waals surface area contributed by atoms with E-state index >= 15 is 0 Å². The van der Waals surface area contributed by atoms with E-state index in [1.54, 1.807) is 18.2 Å². The number of anilines is 1. The Morgan fingerprint density at radius 2 is 1.61 bits per heavy atom. The highest BCUT2D eigenvalue weighted by atomic mass is 35.5. The van der Waals surface area contributed by atoms with Crippen LogP contribution in [-0.2, 0) is 16.1 Å². The summed E-state index contributed by atoms with van der Waals surface area (Å²) < 4.78 is 0. The third kappa shape index (κ3) is 3.37. The molecule has 0 saturated heterocycles. The number of hydrogen-bond acceptors (Lipinski definition) is 2. The Hall–Kier alpha value is -2.33. The van der Waals surface area contributed by atoms with Crippen LogP contribution >= 0.6 is 11.6 Å². The first-order valence-corrected chi connectivity index (χ1v) is 7.88. The summed E-state index contributed by atoms with van der Waals surface area (Å²) in [7, 11) is 0. The molecule has 0 aliphatic heterocycles. The first-order chi connectivity index (χ1) is 11.1. The van der Waals surface area contributed by atoms with Gasteiger partial charge < -0.3 is 10.6 Å². The minimum Gasteiger partial charge on any atom is -0.351 e. The molecule has 1 aliphatic rings. The maximum atomic E-state index is 12.4. The number of carbonyl (C=O) groups is 2. The lowest BCUT2D eigenvalue weighted by Crippen LogP contribution is -2.39. The fourth-order valence-corrected chi connectivity index (χ4v) is 2.64.